The molecule has 0 fully saturated rings. The van der Waals surface area contributed by atoms with E-state index in [-0.39, 0.29) is 6.54 Å². The van der Waals surface area contributed by atoms with Gasteiger partial charge in [-0.2, -0.15) is 0 Å². The molecule has 0 saturated heterocycles. The van der Waals surface area contributed by atoms with Gasteiger partial charge in [0.05, 0.1) is 13.7 Å². The molecule has 1 rings (SSSR count). The zero-order valence-electron chi connectivity index (χ0n) is 8.56. The minimum absolute atomic E-state index is 0.155. The average molecular weight is 212 g/mol. The second-order valence-electron chi connectivity index (χ2n) is 2.71. The number of carbonyl (C=O) groups is 2. The van der Waals surface area contributed by atoms with Gasteiger partial charge in [0.2, 0.25) is 0 Å². The second kappa shape index (κ2) is 5.08. The van der Waals surface area contributed by atoms with Crippen molar-refractivity contribution in [2.45, 2.75) is 20.0 Å². The van der Waals surface area contributed by atoms with Crippen molar-refractivity contribution in [2.75, 3.05) is 7.11 Å². The number of aryl methyl sites for hydroxylation is 1. The Kier molecular flexibility index (Phi) is 3.78. The van der Waals surface area contributed by atoms with Crippen LogP contribution in [0.5, 0.6) is 0 Å². The standard InChI is InChI=1S/C8H12N4O3/c1-3-12-5-10-11-6(12)4-9-7(13)8(14)15-2/h5H,3-4H2,1-2H3,(H,9,13). The van der Waals surface area contributed by atoms with Crippen LogP contribution in [0.15, 0.2) is 6.33 Å². The Labute approximate surface area is 86.4 Å². The summed E-state index contributed by atoms with van der Waals surface area (Å²) in [7, 11) is 1.15. The highest BCUT2D eigenvalue weighted by Crippen LogP contribution is 1.93. The van der Waals surface area contributed by atoms with E-state index in [4.69, 9.17) is 0 Å². The van der Waals surface area contributed by atoms with Gasteiger partial charge in [0.15, 0.2) is 5.82 Å². The molecule has 0 unspecified atom stereocenters. The molecule has 0 saturated carbocycles. The van der Waals surface area contributed by atoms with E-state index in [0.717, 1.165) is 7.11 Å². The van der Waals surface area contributed by atoms with Crippen LogP contribution in [0, 0.1) is 0 Å². The van der Waals surface area contributed by atoms with Gasteiger partial charge in [0.1, 0.15) is 6.33 Å². The van der Waals surface area contributed by atoms with Crippen molar-refractivity contribution in [3.05, 3.63) is 12.2 Å². The maximum absolute atomic E-state index is 11.0. The van der Waals surface area contributed by atoms with Crippen molar-refractivity contribution >= 4 is 11.9 Å². The van der Waals surface area contributed by atoms with E-state index >= 15 is 0 Å². The number of carbonyl (C=O) groups excluding carboxylic acids is 2. The summed E-state index contributed by atoms with van der Waals surface area (Å²) < 4.78 is 6.01. The predicted octanol–water partition coefficient (Wildman–Crippen LogP) is -0.913. The third kappa shape index (κ3) is 2.76. The van der Waals surface area contributed by atoms with E-state index in [1.807, 2.05) is 6.92 Å². The number of ether oxygens (including phenoxy) is 1. The van der Waals surface area contributed by atoms with Crippen LogP contribution >= 0.6 is 0 Å². The molecule has 0 aliphatic heterocycles. The van der Waals surface area contributed by atoms with Crippen molar-refractivity contribution in [2.24, 2.45) is 0 Å². The molecule has 0 aliphatic carbocycles. The van der Waals surface area contributed by atoms with Gasteiger partial charge in [0, 0.05) is 6.54 Å². The lowest BCUT2D eigenvalue weighted by molar-refractivity contribution is -0.152. The Bertz CT molecular complexity index is 361. The van der Waals surface area contributed by atoms with Gasteiger partial charge in [-0.3, -0.25) is 4.79 Å². The molecule has 0 bridgehead atoms. The lowest BCUT2D eigenvalue weighted by Gasteiger charge is -2.04. The molecule has 0 spiro atoms. The predicted molar refractivity (Wildman–Crippen MR) is 49.6 cm³/mol. The Hall–Kier alpha value is -1.92. The number of aromatic nitrogens is 3. The van der Waals surface area contributed by atoms with Crippen LogP contribution in [0.2, 0.25) is 0 Å². The van der Waals surface area contributed by atoms with Crippen LogP contribution in [0.25, 0.3) is 0 Å². The smallest absolute Gasteiger partial charge is 0.396 e. The summed E-state index contributed by atoms with van der Waals surface area (Å²) in [6.07, 6.45) is 1.56. The largest absolute Gasteiger partial charge is 0.462 e. The highest BCUT2D eigenvalue weighted by molar-refractivity contribution is 6.32. The topological polar surface area (TPSA) is 86.1 Å². The van der Waals surface area contributed by atoms with Gasteiger partial charge >= 0.3 is 11.9 Å². The summed E-state index contributed by atoms with van der Waals surface area (Å²) in [5, 5.41) is 9.85. The van der Waals surface area contributed by atoms with Crippen molar-refractivity contribution in [3.8, 4) is 0 Å². The summed E-state index contributed by atoms with van der Waals surface area (Å²) in [6, 6.07) is 0. The highest BCUT2D eigenvalue weighted by atomic mass is 16.5. The van der Waals surface area contributed by atoms with Gasteiger partial charge in [0.25, 0.3) is 0 Å². The lowest BCUT2D eigenvalue weighted by Crippen LogP contribution is -2.32. The summed E-state index contributed by atoms with van der Waals surface area (Å²) >= 11 is 0. The number of esters is 1. The van der Waals surface area contributed by atoms with Gasteiger partial charge in [-0.15, -0.1) is 10.2 Å². The molecule has 0 aliphatic rings. The highest BCUT2D eigenvalue weighted by Gasteiger charge is 2.13. The van der Waals surface area contributed by atoms with Crippen LogP contribution in [0.4, 0.5) is 0 Å². The van der Waals surface area contributed by atoms with Gasteiger partial charge in [-0.1, -0.05) is 0 Å². The van der Waals surface area contributed by atoms with Crippen LogP contribution in [0.1, 0.15) is 12.7 Å². The molecule has 1 N–H and O–H groups in total. The van der Waals surface area contributed by atoms with Gasteiger partial charge in [-0.05, 0) is 6.92 Å². The van der Waals surface area contributed by atoms with E-state index in [0.29, 0.717) is 12.4 Å². The maximum atomic E-state index is 11.0. The summed E-state index contributed by atoms with van der Waals surface area (Å²) in [5.41, 5.74) is 0. The Morgan fingerprint density at radius 3 is 2.93 bits per heavy atom. The number of nitrogens with zero attached hydrogens (tertiary/aromatic N) is 3. The monoisotopic (exact) mass is 212 g/mol. The fraction of sp³-hybridized carbons (Fsp3) is 0.500. The second-order valence-corrected chi connectivity index (χ2v) is 2.71. The van der Waals surface area contributed by atoms with Crippen molar-refractivity contribution in [3.63, 3.8) is 0 Å². The Morgan fingerprint density at radius 1 is 1.60 bits per heavy atom. The van der Waals surface area contributed by atoms with E-state index in [1.165, 1.54) is 0 Å². The molecule has 1 heterocycles. The maximum Gasteiger partial charge on any atom is 0.396 e. The lowest BCUT2D eigenvalue weighted by atomic mass is 10.5. The molecule has 0 radical (unpaired) electrons. The zero-order valence-corrected chi connectivity index (χ0v) is 8.56. The first kappa shape index (κ1) is 11.2. The molecule has 7 heteroatoms. The SMILES string of the molecule is CCn1cnnc1CNC(=O)C(=O)OC. The first-order chi connectivity index (χ1) is 7.19. The average Bonchev–Trinajstić information content (AvgIpc) is 2.71. The van der Waals surface area contributed by atoms with Crippen LogP contribution in [-0.4, -0.2) is 33.8 Å². The first-order valence-electron chi connectivity index (χ1n) is 4.41. The molecule has 0 atom stereocenters. The fourth-order valence-electron chi connectivity index (χ4n) is 1.00. The molecular weight excluding hydrogens is 200 g/mol. The third-order valence-electron chi connectivity index (χ3n) is 1.81. The molecule has 7 nitrogen and oxygen atoms in total. The van der Waals surface area contributed by atoms with Crippen LogP contribution in [-0.2, 0) is 27.4 Å². The molecule has 1 aromatic rings. The third-order valence-corrected chi connectivity index (χ3v) is 1.81. The number of nitrogens with one attached hydrogen (secondary N) is 1. The van der Waals surface area contributed by atoms with Gasteiger partial charge in [-0.25, -0.2) is 4.79 Å². The molecular formula is C8H12N4O3. The van der Waals surface area contributed by atoms with Crippen molar-refractivity contribution in [1.82, 2.24) is 20.1 Å². The number of rotatable bonds is 3. The minimum atomic E-state index is -0.919. The van der Waals surface area contributed by atoms with E-state index in [2.05, 4.69) is 20.3 Å². The quantitative estimate of drug-likeness (QED) is 0.517. The summed E-state index contributed by atoms with van der Waals surface area (Å²) in [6.45, 7) is 2.78. The molecule has 82 valence electrons. The van der Waals surface area contributed by atoms with E-state index in [9.17, 15) is 9.59 Å². The number of methoxy groups -OCH3 is 1. The number of hydrogen-bond acceptors (Lipinski definition) is 5. The molecule has 1 aromatic heterocycles. The molecule has 15 heavy (non-hydrogen) atoms. The molecule has 1 amide bonds. The van der Waals surface area contributed by atoms with E-state index < -0.39 is 11.9 Å². The first-order valence-corrected chi connectivity index (χ1v) is 4.41. The van der Waals surface area contributed by atoms with Crippen LogP contribution < -0.4 is 5.32 Å². The van der Waals surface area contributed by atoms with Crippen molar-refractivity contribution < 1.29 is 14.3 Å². The van der Waals surface area contributed by atoms with Crippen LogP contribution in [0.3, 0.4) is 0 Å². The normalized spacial score (nSPS) is 9.73. The number of hydrogen-bond donors (Lipinski definition) is 1. The summed E-state index contributed by atoms with van der Waals surface area (Å²) in [4.78, 5) is 21.8. The fourth-order valence-corrected chi connectivity index (χ4v) is 1.00. The van der Waals surface area contributed by atoms with Crippen molar-refractivity contribution in [1.29, 1.82) is 0 Å². The van der Waals surface area contributed by atoms with Gasteiger partial charge < -0.3 is 14.6 Å². The minimum Gasteiger partial charge on any atom is -0.462 e. The van der Waals surface area contributed by atoms with E-state index in [1.54, 1.807) is 10.9 Å². The number of amides is 1. The Morgan fingerprint density at radius 2 is 2.33 bits per heavy atom. The zero-order chi connectivity index (χ0) is 11.3. The Balaban J connectivity index is 2.50. The summed E-state index contributed by atoms with van der Waals surface area (Å²) in [5.74, 6) is -1.12. The molecule has 0 aromatic carbocycles.